The molecule has 0 saturated heterocycles. The van der Waals surface area contributed by atoms with Gasteiger partial charge in [-0.3, -0.25) is 4.79 Å². The summed E-state index contributed by atoms with van der Waals surface area (Å²) >= 11 is 0. The number of para-hydroxylation sites is 2. The van der Waals surface area contributed by atoms with Crippen molar-refractivity contribution < 1.29 is 14.6 Å². The number of ether oxygens (including phenoxy) is 1. The van der Waals surface area contributed by atoms with E-state index in [1.807, 2.05) is 36.1 Å². The van der Waals surface area contributed by atoms with Crippen molar-refractivity contribution in [2.24, 2.45) is 5.92 Å². The SMILES string of the molecule is CCCOc1ccccc1N(CC)CC(C)C(=O)O. The molecule has 4 heteroatoms. The van der Waals surface area contributed by atoms with Gasteiger partial charge in [0.1, 0.15) is 5.75 Å². The maximum atomic E-state index is 11.0. The minimum Gasteiger partial charge on any atom is -0.491 e. The number of rotatable bonds is 8. The molecule has 0 saturated carbocycles. The van der Waals surface area contributed by atoms with Gasteiger partial charge in [0.2, 0.25) is 0 Å². The van der Waals surface area contributed by atoms with Crippen molar-refractivity contribution in [2.75, 3.05) is 24.6 Å². The Morgan fingerprint density at radius 2 is 2.05 bits per heavy atom. The second-order valence-electron chi connectivity index (χ2n) is 4.59. The molecule has 0 radical (unpaired) electrons. The zero-order chi connectivity index (χ0) is 14.3. The van der Waals surface area contributed by atoms with Crippen LogP contribution in [0.1, 0.15) is 27.2 Å². The van der Waals surface area contributed by atoms with Gasteiger partial charge in [0.25, 0.3) is 0 Å². The smallest absolute Gasteiger partial charge is 0.308 e. The van der Waals surface area contributed by atoms with E-state index >= 15 is 0 Å². The molecule has 0 fully saturated rings. The molecule has 106 valence electrons. The Bertz CT molecular complexity index is 406. The monoisotopic (exact) mass is 265 g/mol. The summed E-state index contributed by atoms with van der Waals surface area (Å²) < 4.78 is 5.72. The fraction of sp³-hybridized carbons (Fsp3) is 0.533. The number of hydrogen-bond acceptors (Lipinski definition) is 3. The first-order chi connectivity index (χ1) is 9.10. The van der Waals surface area contributed by atoms with Crippen molar-refractivity contribution in [3.63, 3.8) is 0 Å². The topological polar surface area (TPSA) is 49.8 Å². The summed E-state index contributed by atoms with van der Waals surface area (Å²) in [5.41, 5.74) is 0.964. The fourth-order valence-electron chi connectivity index (χ4n) is 1.86. The summed E-state index contributed by atoms with van der Waals surface area (Å²) in [5.74, 6) is -0.353. The molecule has 0 bridgehead atoms. The van der Waals surface area contributed by atoms with Gasteiger partial charge in [0.15, 0.2) is 0 Å². The Labute approximate surface area is 115 Å². The molecule has 0 aliphatic rings. The molecule has 0 aliphatic heterocycles. The van der Waals surface area contributed by atoms with E-state index in [0.29, 0.717) is 13.2 Å². The highest BCUT2D eigenvalue weighted by Gasteiger charge is 2.17. The maximum absolute atomic E-state index is 11.0. The summed E-state index contributed by atoms with van der Waals surface area (Å²) in [6, 6.07) is 7.79. The normalized spacial score (nSPS) is 11.9. The number of carboxylic acid groups (broad SMARTS) is 1. The summed E-state index contributed by atoms with van der Waals surface area (Å²) in [7, 11) is 0. The molecule has 0 amide bonds. The van der Waals surface area contributed by atoms with Crippen molar-refractivity contribution in [3.8, 4) is 5.75 Å². The average molecular weight is 265 g/mol. The van der Waals surface area contributed by atoms with Crippen LogP contribution in [0.2, 0.25) is 0 Å². The third kappa shape index (κ3) is 4.47. The van der Waals surface area contributed by atoms with E-state index in [1.165, 1.54) is 0 Å². The van der Waals surface area contributed by atoms with Gasteiger partial charge in [-0.05, 0) is 25.5 Å². The highest BCUT2D eigenvalue weighted by Crippen LogP contribution is 2.28. The lowest BCUT2D eigenvalue weighted by molar-refractivity contribution is -0.140. The fourth-order valence-corrected chi connectivity index (χ4v) is 1.86. The van der Waals surface area contributed by atoms with Crippen LogP contribution in [0.5, 0.6) is 5.75 Å². The van der Waals surface area contributed by atoms with Crippen molar-refractivity contribution >= 4 is 11.7 Å². The largest absolute Gasteiger partial charge is 0.491 e. The van der Waals surface area contributed by atoms with Crippen molar-refractivity contribution in [1.82, 2.24) is 0 Å². The van der Waals surface area contributed by atoms with Crippen LogP contribution in [-0.2, 0) is 4.79 Å². The van der Waals surface area contributed by atoms with Gasteiger partial charge in [-0.2, -0.15) is 0 Å². The van der Waals surface area contributed by atoms with Crippen LogP contribution >= 0.6 is 0 Å². The van der Waals surface area contributed by atoms with Crippen LogP contribution in [0.25, 0.3) is 0 Å². The first-order valence-corrected chi connectivity index (χ1v) is 6.79. The van der Waals surface area contributed by atoms with Crippen LogP contribution in [0.15, 0.2) is 24.3 Å². The molecule has 1 aromatic rings. The Kier molecular flexibility index (Phi) is 6.19. The quantitative estimate of drug-likeness (QED) is 0.785. The molecular weight excluding hydrogens is 242 g/mol. The van der Waals surface area contributed by atoms with Crippen molar-refractivity contribution in [3.05, 3.63) is 24.3 Å². The molecule has 0 aromatic heterocycles. The van der Waals surface area contributed by atoms with Crippen LogP contribution in [0.3, 0.4) is 0 Å². The molecule has 0 spiro atoms. The van der Waals surface area contributed by atoms with E-state index in [-0.39, 0.29) is 0 Å². The third-order valence-corrected chi connectivity index (χ3v) is 2.97. The minimum atomic E-state index is -0.773. The van der Waals surface area contributed by atoms with Crippen LogP contribution in [-0.4, -0.2) is 30.8 Å². The molecule has 0 aliphatic carbocycles. The highest BCUT2D eigenvalue weighted by molar-refractivity contribution is 5.71. The number of nitrogens with zero attached hydrogens (tertiary/aromatic N) is 1. The third-order valence-electron chi connectivity index (χ3n) is 2.97. The molecule has 1 unspecified atom stereocenters. The molecule has 1 aromatic carbocycles. The Morgan fingerprint density at radius 3 is 2.63 bits per heavy atom. The Morgan fingerprint density at radius 1 is 1.37 bits per heavy atom. The number of carboxylic acids is 1. The summed E-state index contributed by atoms with van der Waals surface area (Å²) in [4.78, 5) is 13.0. The Balaban J connectivity index is 2.87. The van der Waals surface area contributed by atoms with Gasteiger partial charge < -0.3 is 14.7 Å². The van der Waals surface area contributed by atoms with Gasteiger partial charge in [0, 0.05) is 13.1 Å². The molecular formula is C15H23NO3. The van der Waals surface area contributed by atoms with Crippen molar-refractivity contribution in [1.29, 1.82) is 0 Å². The lowest BCUT2D eigenvalue weighted by Gasteiger charge is -2.27. The van der Waals surface area contributed by atoms with Crippen LogP contribution in [0.4, 0.5) is 5.69 Å². The van der Waals surface area contributed by atoms with E-state index in [2.05, 4.69) is 6.92 Å². The first kappa shape index (κ1) is 15.3. The van der Waals surface area contributed by atoms with Gasteiger partial charge in [0.05, 0.1) is 18.2 Å². The maximum Gasteiger partial charge on any atom is 0.308 e. The van der Waals surface area contributed by atoms with Crippen LogP contribution < -0.4 is 9.64 Å². The van der Waals surface area contributed by atoms with Gasteiger partial charge in [-0.15, -0.1) is 0 Å². The molecule has 4 nitrogen and oxygen atoms in total. The summed E-state index contributed by atoms with van der Waals surface area (Å²) in [6.07, 6.45) is 0.950. The van der Waals surface area contributed by atoms with E-state index in [1.54, 1.807) is 6.92 Å². The van der Waals surface area contributed by atoms with Gasteiger partial charge >= 0.3 is 5.97 Å². The molecule has 0 heterocycles. The number of aliphatic carboxylic acids is 1. The number of hydrogen-bond donors (Lipinski definition) is 1. The standard InChI is InChI=1S/C15H23NO3/c1-4-10-19-14-9-7-6-8-13(14)16(5-2)11-12(3)15(17)18/h6-9,12H,4-5,10-11H2,1-3H3,(H,17,18). The second kappa shape index (κ2) is 7.67. The minimum absolute atomic E-state index is 0.404. The second-order valence-corrected chi connectivity index (χ2v) is 4.59. The summed E-state index contributed by atoms with van der Waals surface area (Å²) in [5, 5.41) is 9.03. The van der Waals surface area contributed by atoms with E-state index < -0.39 is 11.9 Å². The summed E-state index contributed by atoms with van der Waals surface area (Å²) in [6.45, 7) is 7.71. The molecule has 19 heavy (non-hydrogen) atoms. The predicted octanol–water partition coefficient (Wildman–Crippen LogP) is 3.02. The Hall–Kier alpha value is -1.71. The zero-order valence-electron chi connectivity index (χ0n) is 11.9. The molecule has 1 atom stereocenters. The lowest BCUT2D eigenvalue weighted by Crippen LogP contribution is -2.32. The molecule has 1 N–H and O–H groups in total. The van der Waals surface area contributed by atoms with E-state index in [9.17, 15) is 4.79 Å². The number of anilines is 1. The number of carbonyl (C=O) groups is 1. The van der Waals surface area contributed by atoms with Crippen LogP contribution in [0, 0.1) is 5.92 Å². The number of benzene rings is 1. The van der Waals surface area contributed by atoms with Crippen molar-refractivity contribution in [2.45, 2.75) is 27.2 Å². The van der Waals surface area contributed by atoms with E-state index in [4.69, 9.17) is 9.84 Å². The zero-order valence-corrected chi connectivity index (χ0v) is 11.9. The predicted molar refractivity (Wildman–Crippen MR) is 76.9 cm³/mol. The van der Waals surface area contributed by atoms with Gasteiger partial charge in [-0.1, -0.05) is 26.0 Å². The molecule has 1 rings (SSSR count). The highest BCUT2D eigenvalue weighted by atomic mass is 16.5. The van der Waals surface area contributed by atoms with E-state index in [0.717, 1.165) is 24.4 Å². The van der Waals surface area contributed by atoms with Gasteiger partial charge in [-0.25, -0.2) is 0 Å². The average Bonchev–Trinajstić information content (AvgIpc) is 2.42. The lowest BCUT2D eigenvalue weighted by atomic mass is 10.1. The first-order valence-electron chi connectivity index (χ1n) is 6.79.